The summed E-state index contributed by atoms with van der Waals surface area (Å²) in [4.78, 5) is 4.08. The van der Waals surface area contributed by atoms with Gasteiger partial charge in [0.05, 0.1) is 20.3 Å². The van der Waals surface area contributed by atoms with E-state index in [2.05, 4.69) is 4.98 Å². The van der Waals surface area contributed by atoms with Crippen LogP contribution in [-0.4, -0.2) is 22.3 Å². The van der Waals surface area contributed by atoms with Crippen LogP contribution in [0.3, 0.4) is 0 Å². The van der Waals surface area contributed by atoms with E-state index >= 15 is 0 Å². The van der Waals surface area contributed by atoms with Crippen LogP contribution in [0, 0.1) is 6.92 Å². The molecule has 0 aliphatic rings. The van der Waals surface area contributed by atoms with Crippen LogP contribution in [0.5, 0.6) is 5.88 Å². The smallest absolute Gasteiger partial charge is 0.219 e. The number of rotatable bonds is 3. The summed E-state index contributed by atoms with van der Waals surface area (Å²) < 4.78 is 4.98. The number of aromatic nitrogens is 1. The molecule has 1 aromatic rings. The fourth-order valence-electron chi connectivity index (χ4n) is 1.22. The first-order valence-corrected chi connectivity index (χ1v) is 3.98. The Morgan fingerprint density at radius 1 is 1.38 bits per heavy atom. The number of ether oxygens (including phenoxy) is 1. The van der Waals surface area contributed by atoms with Crippen LogP contribution in [0.15, 0.2) is 6.07 Å². The highest BCUT2D eigenvalue weighted by Crippen LogP contribution is 2.20. The third-order valence-electron chi connectivity index (χ3n) is 1.83. The number of methoxy groups -OCH3 is 1. The molecular formula is C9H13NO3. The average molecular weight is 183 g/mol. The zero-order valence-electron chi connectivity index (χ0n) is 7.74. The summed E-state index contributed by atoms with van der Waals surface area (Å²) in [5.41, 5.74) is 1.97. The van der Waals surface area contributed by atoms with Gasteiger partial charge in [-0.1, -0.05) is 0 Å². The number of hydrogen-bond donors (Lipinski definition) is 2. The SMILES string of the molecule is COc1nc(C)cc(CO)c1CO. The van der Waals surface area contributed by atoms with Gasteiger partial charge in [-0.3, -0.25) is 0 Å². The number of hydrogen-bond acceptors (Lipinski definition) is 4. The van der Waals surface area contributed by atoms with Crippen molar-refractivity contribution >= 4 is 0 Å². The second-order valence-electron chi connectivity index (χ2n) is 2.73. The van der Waals surface area contributed by atoms with Gasteiger partial charge in [-0.2, -0.15) is 0 Å². The van der Waals surface area contributed by atoms with Crippen molar-refractivity contribution < 1.29 is 14.9 Å². The molecule has 4 nitrogen and oxygen atoms in total. The van der Waals surface area contributed by atoms with Gasteiger partial charge in [0.15, 0.2) is 0 Å². The van der Waals surface area contributed by atoms with Crippen molar-refractivity contribution in [2.24, 2.45) is 0 Å². The highest BCUT2D eigenvalue weighted by atomic mass is 16.5. The van der Waals surface area contributed by atoms with Crippen molar-refractivity contribution in [3.8, 4) is 5.88 Å². The van der Waals surface area contributed by atoms with E-state index in [1.165, 1.54) is 7.11 Å². The summed E-state index contributed by atoms with van der Waals surface area (Å²) in [6.45, 7) is 1.52. The van der Waals surface area contributed by atoms with Gasteiger partial charge in [-0.25, -0.2) is 4.98 Å². The van der Waals surface area contributed by atoms with Crippen molar-refractivity contribution in [3.63, 3.8) is 0 Å². The lowest BCUT2D eigenvalue weighted by molar-refractivity contribution is 0.251. The van der Waals surface area contributed by atoms with Gasteiger partial charge in [0.1, 0.15) is 0 Å². The number of nitrogens with zero attached hydrogens (tertiary/aromatic N) is 1. The van der Waals surface area contributed by atoms with E-state index < -0.39 is 0 Å². The first kappa shape index (κ1) is 9.95. The molecule has 1 aromatic heterocycles. The maximum Gasteiger partial charge on any atom is 0.219 e. The van der Waals surface area contributed by atoms with Crippen LogP contribution in [0.1, 0.15) is 16.8 Å². The number of aliphatic hydroxyl groups is 2. The van der Waals surface area contributed by atoms with Gasteiger partial charge in [0.2, 0.25) is 5.88 Å². The summed E-state index contributed by atoms with van der Waals surface area (Å²) >= 11 is 0. The highest BCUT2D eigenvalue weighted by Gasteiger charge is 2.09. The largest absolute Gasteiger partial charge is 0.481 e. The topological polar surface area (TPSA) is 62.6 Å². The Labute approximate surface area is 76.8 Å². The van der Waals surface area contributed by atoms with E-state index in [4.69, 9.17) is 14.9 Å². The second kappa shape index (κ2) is 4.20. The third-order valence-corrected chi connectivity index (χ3v) is 1.83. The minimum atomic E-state index is -0.174. The molecule has 0 bridgehead atoms. The molecule has 1 rings (SSSR count). The van der Waals surface area contributed by atoms with Gasteiger partial charge in [0.25, 0.3) is 0 Å². The molecule has 4 heteroatoms. The second-order valence-corrected chi connectivity index (χ2v) is 2.73. The van der Waals surface area contributed by atoms with Crippen LogP contribution < -0.4 is 4.74 Å². The average Bonchev–Trinajstić information content (AvgIpc) is 2.16. The molecule has 0 fully saturated rings. The van der Waals surface area contributed by atoms with Crippen LogP contribution >= 0.6 is 0 Å². The zero-order chi connectivity index (χ0) is 9.84. The molecule has 72 valence electrons. The molecule has 13 heavy (non-hydrogen) atoms. The monoisotopic (exact) mass is 183 g/mol. The van der Waals surface area contributed by atoms with Gasteiger partial charge >= 0.3 is 0 Å². The predicted molar refractivity (Wildman–Crippen MR) is 47.4 cm³/mol. The maximum atomic E-state index is 9.02. The Hall–Kier alpha value is -1.13. The molecule has 0 aliphatic heterocycles. The summed E-state index contributed by atoms with van der Waals surface area (Å²) in [5.74, 6) is 0.381. The van der Waals surface area contributed by atoms with E-state index in [-0.39, 0.29) is 13.2 Å². The Balaban J connectivity index is 3.25. The molecule has 0 saturated heterocycles. The molecule has 0 unspecified atom stereocenters. The van der Waals surface area contributed by atoms with E-state index in [0.717, 1.165) is 5.69 Å². The normalized spacial score (nSPS) is 10.2. The van der Waals surface area contributed by atoms with Crippen LogP contribution in [0.2, 0.25) is 0 Å². The minimum Gasteiger partial charge on any atom is -0.481 e. The lowest BCUT2D eigenvalue weighted by Gasteiger charge is -2.10. The zero-order valence-corrected chi connectivity index (χ0v) is 7.74. The molecule has 0 spiro atoms. The summed E-state index contributed by atoms with van der Waals surface area (Å²) in [6, 6.07) is 1.73. The van der Waals surface area contributed by atoms with Gasteiger partial charge in [0, 0.05) is 11.3 Å². The molecular weight excluding hydrogens is 170 g/mol. The fourth-order valence-corrected chi connectivity index (χ4v) is 1.22. The molecule has 0 amide bonds. The van der Waals surface area contributed by atoms with Gasteiger partial charge in [-0.15, -0.1) is 0 Å². The summed E-state index contributed by atoms with van der Waals surface area (Å²) in [7, 11) is 1.49. The Bertz CT molecular complexity index is 274. The Kier molecular flexibility index (Phi) is 3.22. The van der Waals surface area contributed by atoms with Crippen LogP contribution in [0.25, 0.3) is 0 Å². The van der Waals surface area contributed by atoms with Crippen molar-refractivity contribution in [1.29, 1.82) is 0 Å². The van der Waals surface area contributed by atoms with Crippen molar-refractivity contribution in [1.82, 2.24) is 4.98 Å². The van der Waals surface area contributed by atoms with E-state index in [1.54, 1.807) is 6.07 Å². The summed E-state index contributed by atoms with van der Waals surface area (Å²) in [5, 5.41) is 18.0. The van der Waals surface area contributed by atoms with Crippen LogP contribution in [0.4, 0.5) is 0 Å². The Morgan fingerprint density at radius 2 is 2.08 bits per heavy atom. The quantitative estimate of drug-likeness (QED) is 0.711. The fraction of sp³-hybridized carbons (Fsp3) is 0.444. The lowest BCUT2D eigenvalue weighted by Crippen LogP contribution is -2.02. The molecule has 0 aromatic carbocycles. The number of aliphatic hydroxyl groups excluding tert-OH is 2. The number of pyridine rings is 1. The molecule has 0 radical (unpaired) electrons. The molecule has 0 saturated carbocycles. The molecule has 0 atom stereocenters. The van der Waals surface area contributed by atoms with E-state index in [9.17, 15) is 0 Å². The minimum absolute atomic E-state index is 0.115. The lowest BCUT2D eigenvalue weighted by atomic mass is 10.1. The van der Waals surface area contributed by atoms with E-state index in [1.807, 2.05) is 6.92 Å². The highest BCUT2D eigenvalue weighted by molar-refractivity contribution is 5.35. The predicted octanol–water partition coefficient (Wildman–Crippen LogP) is 0.383. The summed E-state index contributed by atoms with van der Waals surface area (Å²) in [6.07, 6.45) is 0. The van der Waals surface area contributed by atoms with Crippen molar-refractivity contribution in [3.05, 3.63) is 22.9 Å². The Morgan fingerprint density at radius 3 is 2.54 bits per heavy atom. The van der Waals surface area contributed by atoms with Gasteiger partial charge < -0.3 is 14.9 Å². The van der Waals surface area contributed by atoms with Crippen molar-refractivity contribution in [2.45, 2.75) is 20.1 Å². The third kappa shape index (κ3) is 1.96. The van der Waals surface area contributed by atoms with Crippen molar-refractivity contribution in [2.75, 3.05) is 7.11 Å². The number of aryl methyl sites for hydroxylation is 1. The molecule has 0 aliphatic carbocycles. The first-order chi connectivity index (χ1) is 6.22. The van der Waals surface area contributed by atoms with Crippen LogP contribution in [-0.2, 0) is 13.2 Å². The standard InChI is InChI=1S/C9H13NO3/c1-6-3-7(4-11)8(5-12)9(10-6)13-2/h3,11-12H,4-5H2,1-2H3. The first-order valence-electron chi connectivity index (χ1n) is 3.98. The van der Waals surface area contributed by atoms with Gasteiger partial charge in [-0.05, 0) is 18.6 Å². The maximum absolute atomic E-state index is 9.02. The molecule has 1 heterocycles. The molecule has 2 N–H and O–H groups in total. The van der Waals surface area contributed by atoms with E-state index in [0.29, 0.717) is 17.0 Å².